The number of thiazole rings is 1. The molecule has 0 spiro atoms. The molecule has 0 saturated carbocycles. The van der Waals surface area contributed by atoms with Gasteiger partial charge in [0, 0.05) is 22.2 Å². The Labute approximate surface area is 146 Å². The van der Waals surface area contributed by atoms with Crippen molar-refractivity contribution >= 4 is 45.0 Å². The standard InChI is InChI=1S/C17H11ClN4OS/c18-11-4-1-3-10(9-11)15-20-13-6-2-5-12(14(13)21-15)16(23)22-17-19-7-8-24-17/h1-9H,(H,20,21)(H,19,22,23). The molecule has 0 aliphatic rings. The molecule has 24 heavy (non-hydrogen) atoms. The van der Waals surface area contributed by atoms with Gasteiger partial charge in [0.1, 0.15) is 11.3 Å². The molecule has 2 aromatic carbocycles. The molecule has 0 aliphatic heterocycles. The van der Waals surface area contributed by atoms with Gasteiger partial charge in [0.25, 0.3) is 5.91 Å². The zero-order valence-electron chi connectivity index (χ0n) is 12.3. The van der Waals surface area contributed by atoms with Crippen LogP contribution in [0.4, 0.5) is 5.13 Å². The molecule has 2 heterocycles. The summed E-state index contributed by atoms with van der Waals surface area (Å²) in [6.07, 6.45) is 1.65. The number of halogens is 1. The first-order chi connectivity index (χ1) is 11.7. The highest BCUT2D eigenvalue weighted by Crippen LogP contribution is 2.25. The summed E-state index contributed by atoms with van der Waals surface area (Å²) < 4.78 is 0. The summed E-state index contributed by atoms with van der Waals surface area (Å²) in [5.41, 5.74) is 2.76. The lowest BCUT2D eigenvalue weighted by atomic mass is 10.2. The van der Waals surface area contributed by atoms with Crippen molar-refractivity contribution < 1.29 is 4.79 Å². The molecule has 7 heteroatoms. The van der Waals surface area contributed by atoms with Crippen LogP contribution in [0.25, 0.3) is 22.4 Å². The quantitative estimate of drug-likeness (QED) is 0.565. The van der Waals surface area contributed by atoms with E-state index in [-0.39, 0.29) is 5.91 Å². The number of benzene rings is 2. The number of rotatable bonds is 3. The monoisotopic (exact) mass is 354 g/mol. The number of H-pyrrole nitrogens is 1. The molecule has 0 atom stereocenters. The maximum absolute atomic E-state index is 12.5. The maximum Gasteiger partial charge on any atom is 0.259 e. The molecule has 0 radical (unpaired) electrons. The Morgan fingerprint density at radius 2 is 2.08 bits per heavy atom. The highest BCUT2D eigenvalue weighted by Gasteiger charge is 2.15. The van der Waals surface area contributed by atoms with Gasteiger partial charge in [-0.25, -0.2) is 9.97 Å². The number of amides is 1. The van der Waals surface area contributed by atoms with Gasteiger partial charge < -0.3 is 4.98 Å². The van der Waals surface area contributed by atoms with Crippen molar-refractivity contribution in [3.63, 3.8) is 0 Å². The highest BCUT2D eigenvalue weighted by atomic mass is 35.5. The lowest BCUT2D eigenvalue weighted by Crippen LogP contribution is -2.12. The first-order valence-electron chi connectivity index (χ1n) is 7.16. The predicted molar refractivity (Wildman–Crippen MR) is 96.6 cm³/mol. The van der Waals surface area contributed by atoms with Crippen LogP contribution in [-0.2, 0) is 0 Å². The van der Waals surface area contributed by atoms with Gasteiger partial charge >= 0.3 is 0 Å². The number of nitrogens with one attached hydrogen (secondary N) is 2. The molecule has 2 aromatic heterocycles. The van der Waals surface area contributed by atoms with Crippen LogP contribution in [0.1, 0.15) is 10.4 Å². The van der Waals surface area contributed by atoms with E-state index in [4.69, 9.17) is 11.6 Å². The molecular formula is C17H11ClN4OS. The van der Waals surface area contributed by atoms with Gasteiger partial charge in [0.2, 0.25) is 0 Å². The van der Waals surface area contributed by atoms with E-state index in [0.717, 1.165) is 11.1 Å². The fraction of sp³-hybridized carbons (Fsp3) is 0. The van der Waals surface area contributed by atoms with Crippen LogP contribution < -0.4 is 5.32 Å². The topological polar surface area (TPSA) is 70.7 Å². The number of anilines is 1. The zero-order valence-corrected chi connectivity index (χ0v) is 13.9. The molecule has 0 aliphatic carbocycles. The summed E-state index contributed by atoms with van der Waals surface area (Å²) in [4.78, 5) is 24.4. The average Bonchev–Trinajstić information content (AvgIpc) is 3.23. The van der Waals surface area contributed by atoms with Crippen LogP contribution in [0.2, 0.25) is 5.02 Å². The Morgan fingerprint density at radius 1 is 1.21 bits per heavy atom. The van der Waals surface area contributed by atoms with Crippen molar-refractivity contribution in [2.75, 3.05) is 5.32 Å². The average molecular weight is 355 g/mol. The molecule has 0 bridgehead atoms. The summed E-state index contributed by atoms with van der Waals surface area (Å²) >= 11 is 7.41. The van der Waals surface area contributed by atoms with Crippen molar-refractivity contribution in [2.24, 2.45) is 0 Å². The van der Waals surface area contributed by atoms with Crippen LogP contribution in [0.5, 0.6) is 0 Å². The number of imidazole rings is 1. The molecule has 4 rings (SSSR count). The van der Waals surface area contributed by atoms with Gasteiger partial charge in [-0.15, -0.1) is 11.3 Å². The Kier molecular flexibility index (Phi) is 3.76. The molecule has 0 saturated heterocycles. The number of aromatic nitrogens is 3. The smallest absolute Gasteiger partial charge is 0.259 e. The summed E-state index contributed by atoms with van der Waals surface area (Å²) in [7, 11) is 0. The number of nitrogens with zero attached hydrogens (tertiary/aromatic N) is 2. The Balaban J connectivity index is 1.76. The molecule has 118 valence electrons. The fourth-order valence-corrected chi connectivity index (χ4v) is 3.15. The van der Waals surface area contributed by atoms with E-state index in [9.17, 15) is 4.79 Å². The summed E-state index contributed by atoms with van der Waals surface area (Å²) in [6.45, 7) is 0. The SMILES string of the molecule is O=C(Nc1nccs1)c1cccc2[nH]c(-c3cccc(Cl)c3)nc12. The van der Waals surface area contributed by atoms with E-state index in [1.807, 2.05) is 35.7 Å². The normalized spacial score (nSPS) is 10.9. The Bertz CT molecular complexity index is 1030. The largest absolute Gasteiger partial charge is 0.338 e. The van der Waals surface area contributed by atoms with Gasteiger partial charge in [0.15, 0.2) is 5.13 Å². The Morgan fingerprint density at radius 3 is 2.88 bits per heavy atom. The van der Waals surface area contributed by atoms with Crippen LogP contribution in [-0.4, -0.2) is 20.9 Å². The van der Waals surface area contributed by atoms with Crippen molar-refractivity contribution in [3.8, 4) is 11.4 Å². The summed E-state index contributed by atoms with van der Waals surface area (Å²) in [5, 5.41) is 5.78. The number of para-hydroxylation sites is 1. The molecule has 0 fully saturated rings. The second kappa shape index (κ2) is 6.07. The van der Waals surface area contributed by atoms with Gasteiger partial charge in [-0.3, -0.25) is 10.1 Å². The van der Waals surface area contributed by atoms with E-state index in [2.05, 4.69) is 20.3 Å². The highest BCUT2D eigenvalue weighted by molar-refractivity contribution is 7.13. The van der Waals surface area contributed by atoms with Gasteiger partial charge in [-0.05, 0) is 24.3 Å². The molecule has 4 aromatic rings. The minimum Gasteiger partial charge on any atom is -0.338 e. The number of carbonyl (C=O) groups excluding carboxylic acids is 1. The second-order valence-electron chi connectivity index (χ2n) is 5.09. The number of hydrogen-bond donors (Lipinski definition) is 2. The summed E-state index contributed by atoms with van der Waals surface area (Å²) in [6, 6.07) is 12.9. The summed E-state index contributed by atoms with van der Waals surface area (Å²) in [5.74, 6) is 0.432. The first-order valence-corrected chi connectivity index (χ1v) is 8.42. The van der Waals surface area contributed by atoms with Gasteiger partial charge in [-0.1, -0.05) is 29.8 Å². The third-order valence-corrected chi connectivity index (χ3v) is 4.43. The van der Waals surface area contributed by atoms with Crippen LogP contribution >= 0.6 is 22.9 Å². The van der Waals surface area contributed by atoms with Gasteiger partial charge in [0.05, 0.1) is 11.1 Å². The third-order valence-electron chi connectivity index (χ3n) is 3.51. The van der Waals surface area contributed by atoms with E-state index in [1.54, 1.807) is 18.3 Å². The van der Waals surface area contributed by atoms with E-state index in [1.165, 1.54) is 11.3 Å². The number of aromatic amines is 1. The minimum atomic E-state index is -0.236. The van der Waals surface area contributed by atoms with E-state index < -0.39 is 0 Å². The van der Waals surface area contributed by atoms with Crippen molar-refractivity contribution in [1.29, 1.82) is 0 Å². The molecule has 5 nitrogen and oxygen atoms in total. The predicted octanol–water partition coefficient (Wildman–Crippen LogP) is 4.59. The number of fused-ring (bicyclic) bond motifs is 1. The van der Waals surface area contributed by atoms with Crippen molar-refractivity contribution in [2.45, 2.75) is 0 Å². The number of carbonyl (C=O) groups is 1. The van der Waals surface area contributed by atoms with Gasteiger partial charge in [-0.2, -0.15) is 0 Å². The van der Waals surface area contributed by atoms with Crippen LogP contribution in [0, 0.1) is 0 Å². The Hall–Kier alpha value is -2.70. The number of hydrogen-bond acceptors (Lipinski definition) is 4. The third kappa shape index (κ3) is 2.77. The van der Waals surface area contributed by atoms with Crippen molar-refractivity contribution in [1.82, 2.24) is 15.0 Å². The second-order valence-corrected chi connectivity index (χ2v) is 6.42. The van der Waals surface area contributed by atoms with E-state index in [0.29, 0.717) is 27.1 Å². The molecular weight excluding hydrogens is 344 g/mol. The van der Waals surface area contributed by atoms with Crippen LogP contribution in [0.15, 0.2) is 54.0 Å². The lowest BCUT2D eigenvalue weighted by Gasteiger charge is -2.02. The lowest BCUT2D eigenvalue weighted by molar-refractivity contribution is 0.102. The zero-order chi connectivity index (χ0) is 16.5. The maximum atomic E-state index is 12.5. The minimum absolute atomic E-state index is 0.236. The van der Waals surface area contributed by atoms with E-state index >= 15 is 0 Å². The first kappa shape index (κ1) is 14.9. The van der Waals surface area contributed by atoms with Crippen molar-refractivity contribution in [3.05, 3.63) is 64.6 Å². The molecule has 0 unspecified atom stereocenters. The fourth-order valence-electron chi connectivity index (χ4n) is 2.44. The molecule has 1 amide bonds. The van der Waals surface area contributed by atoms with Crippen LogP contribution in [0.3, 0.4) is 0 Å². The molecule has 2 N–H and O–H groups in total.